The van der Waals surface area contributed by atoms with Crippen molar-refractivity contribution in [3.05, 3.63) is 64.7 Å². The van der Waals surface area contributed by atoms with E-state index in [1.54, 1.807) is 25.1 Å². The number of rotatable bonds is 3. The van der Waals surface area contributed by atoms with Crippen LogP contribution < -0.4 is 10.6 Å². The van der Waals surface area contributed by atoms with E-state index < -0.39 is 11.5 Å². The Hall–Kier alpha value is -2.37. The number of hydrogen-bond acceptors (Lipinski definition) is 3. The third-order valence-corrected chi connectivity index (χ3v) is 6.72. The number of benzene rings is 2. The Bertz CT molecular complexity index is 1020. The van der Waals surface area contributed by atoms with Crippen LogP contribution in [0.15, 0.2) is 48.5 Å². The summed E-state index contributed by atoms with van der Waals surface area (Å²) in [7, 11) is 3.52. The van der Waals surface area contributed by atoms with Crippen LogP contribution >= 0.6 is 11.6 Å². The maximum Gasteiger partial charge on any atom is 0.239 e. The predicted molar refractivity (Wildman–Crippen MR) is 124 cm³/mol. The van der Waals surface area contributed by atoms with Gasteiger partial charge in [0, 0.05) is 36.8 Å². The van der Waals surface area contributed by atoms with Gasteiger partial charge in [-0.15, -0.1) is 0 Å². The van der Waals surface area contributed by atoms with Crippen LogP contribution in [0.3, 0.4) is 0 Å². The first kappa shape index (κ1) is 21.8. The summed E-state index contributed by atoms with van der Waals surface area (Å²) in [5.74, 6) is -0.451. The van der Waals surface area contributed by atoms with Crippen molar-refractivity contribution in [2.24, 2.45) is 5.41 Å². The van der Waals surface area contributed by atoms with Gasteiger partial charge in [0.15, 0.2) is 0 Å². The van der Waals surface area contributed by atoms with Crippen LogP contribution in [0.2, 0.25) is 5.02 Å². The molecule has 0 aliphatic carbocycles. The molecule has 2 amide bonds. The molecule has 1 fully saturated rings. The van der Waals surface area contributed by atoms with E-state index in [-0.39, 0.29) is 29.2 Å². The highest BCUT2D eigenvalue weighted by molar-refractivity contribution is 6.31. The smallest absolute Gasteiger partial charge is 0.239 e. The summed E-state index contributed by atoms with van der Waals surface area (Å²) >= 11 is 6.26. The van der Waals surface area contributed by atoms with Crippen molar-refractivity contribution >= 4 is 29.1 Å². The maximum atomic E-state index is 13.9. The van der Waals surface area contributed by atoms with Gasteiger partial charge in [-0.25, -0.2) is 0 Å². The molecule has 2 aliphatic heterocycles. The SMILES string of the molecule is CN(C)C(=O)[C@H]1N[C@@H](CC(C)(C)C)[C@@]2(C(=O)Nc3cc(Cl)ccc32)[C@@H]1c1ccccc1. The first-order valence-electron chi connectivity index (χ1n) is 10.7. The zero-order valence-corrected chi connectivity index (χ0v) is 19.5. The molecule has 2 aromatic carbocycles. The van der Waals surface area contributed by atoms with Crippen molar-refractivity contribution in [3.63, 3.8) is 0 Å². The summed E-state index contributed by atoms with van der Waals surface area (Å²) < 4.78 is 0. The van der Waals surface area contributed by atoms with E-state index in [9.17, 15) is 9.59 Å². The molecule has 0 unspecified atom stereocenters. The van der Waals surface area contributed by atoms with Crippen molar-refractivity contribution in [1.82, 2.24) is 10.2 Å². The Morgan fingerprint density at radius 2 is 1.81 bits per heavy atom. The molecule has 5 nitrogen and oxygen atoms in total. The van der Waals surface area contributed by atoms with E-state index in [1.807, 2.05) is 42.5 Å². The Kier molecular flexibility index (Phi) is 5.39. The van der Waals surface area contributed by atoms with Crippen LogP contribution in [0, 0.1) is 5.41 Å². The number of likely N-dealkylation sites (N-methyl/N-ethyl adjacent to an activating group) is 1. The van der Waals surface area contributed by atoms with Crippen molar-refractivity contribution < 1.29 is 9.59 Å². The van der Waals surface area contributed by atoms with Crippen LogP contribution in [0.1, 0.15) is 44.2 Å². The number of anilines is 1. The molecule has 2 aliphatic rings. The molecule has 4 atom stereocenters. The number of nitrogens with zero attached hydrogens (tertiary/aromatic N) is 1. The van der Waals surface area contributed by atoms with E-state index in [2.05, 4.69) is 31.4 Å². The van der Waals surface area contributed by atoms with Gasteiger partial charge in [0.25, 0.3) is 0 Å². The lowest BCUT2D eigenvalue weighted by Crippen LogP contribution is -2.49. The van der Waals surface area contributed by atoms with E-state index >= 15 is 0 Å². The number of nitrogens with one attached hydrogen (secondary N) is 2. The standard InChI is InChI=1S/C25H30ClN3O2/c1-24(2,3)14-19-25(17-12-11-16(26)13-18(17)27-23(25)31)20(15-9-7-6-8-10-15)21(28-19)22(30)29(4)5/h6-13,19-21,28H,14H2,1-5H3,(H,27,31)/t19-,20+,21-,25+/m0/s1. The second kappa shape index (κ2) is 7.64. The van der Waals surface area contributed by atoms with Crippen molar-refractivity contribution in [2.75, 3.05) is 19.4 Å². The largest absolute Gasteiger partial charge is 0.347 e. The van der Waals surface area contributed by atoms with E-state index in [1.165, 1.54) is 0 Å². The third-order valence-electron chi connectivity index (χ3n) is 6.49. The van der Waals surface area contributed by atoms with Gasteiger partial charge in [-0.1, -0.05) is 68.8 Å². The monoisotopic (exact) mass is 439 g/mol. The molecule has 2 aromatic rings. The third kappa shape index (κ3) is 3.54. The zero-order chi connectivity index (χ0) is 22.6. The van der Waals surface area contributed by atoms with Crippen molar-refractivity contribution in [3.8, 4) is 0 Å². The van der Waals surface area contributed by atoms with Gasteiger partial charge >= 0.3 is 0 Å². The number of hydrogen-bond donors (Lipinski definition) is 2. The summed E-state index contributed by atoms with van der Waals surface area (Å²) in [6.45, 7) is 6.49. The van der Waals surface area contributed by atoms with Gasteiger partial charge in [0.05, 0.1) is 6.04 Å². The fraction of sp³-hybridized carbons (Fsp3) is 0.440. The first-order chi connectivity index (χ1) is 14.6. The summed E-state index contributed by atoms with van der Waals surface area (Å²) in [5, 5.41) is 7.27. The number of halogens is 1. The summed E-state index contributed by atoms with van der Waals surface area (Å²) in [4.78, 5) is 28.8. The van der Waals surface area contributed by atoms with Crippen LogP contribution in [0.25, 0.3) is 0 Å². The lowest BCUT2D eigenvalue weighted by Gasteiger charge is -2.37. The molecular weight excluding hydrogens is 410 g/mol. The van der Waals surface area contributed by atoms with Crippen LogP contribution in [0.5, 0.6) is 0 Å². The summed E-state index contributed by atoms with van der Waals surface area (Å²) in [6.07, 6.45) is 0.739. The second-order valence-electron chi connectivity index (χ2n) is 10.1. The quantitative estimate of drug-likeness (QED) is 0.754. The van der Waals surface area contributed by atoms with Crippen LogP contribution in [0.4, 0.5) is 5.69 Å². The minimum atomic E-state index is -0.912. The van der Waals surface area contributed by atoms with E-state index in [0.29, 0.717) is 5.02 Å². The van der Waals surface area contributed by atoms with E-state index in [0.717, 1.165) is 23.2 Å². The maximum absolute atomic E-state index is 13.9. The molecule has 6 heteroatoms. The molecular formula is C25H30ClN3O2. The number of amides is 2. The first-order valence-corrected chi connectivity index (χ1v) is 11.1. The number of fused-ring (bicyclic) bond motifs is 2. The van der Waals surface area contributed by atoms with E-state index in [4.69, 9.17) is 11.6 Å². The Labute approximate surface area is 189 Å². The fourth-order valence-corrected chi connectivity index (χ4v) is 5.52. The van der Waals surface area contributed by atoms with Crippen molar-refractivity contribution in [1.29, 1.82) is 0 Å². The Morgan fingerprint density at radius 3 is 2.42 bits per heavy atom. The van der Waals surface area contributed by atoms with Crippen LogP contribution in [-0.2, 0) is 15.0 Å². The average molecular weight is 440 g/mol. The topological polar surface area (TPSA) is 61.4 Å². The molecule has 0 aromatic heterocycles. The fourth-order valence-electron chi connectivity index (χ4n) is 5.35. The number of carbonyl (C=O) groups excluding carboxylic acids is 2. The Morgan fingerprint density at radius 1 is 1.13 bits per heavy atom. The van der Waals surface area contributed by atoms with Crippen molar-refractivity contribution in [2.45, 2.75) is 50.6 Å². The van der Waals surface area contributed by atoms with Gasteiger partial charge in [0.1, 0.15) is 5.41 Å². The zero-order valence-electron chi connectivity index (χ0n) is 18.7. The average Bonchev–Trinajstić information content (AvgIpc) is 3.16. The lowest BCUT2D eigenvalue weighted by molar-refractivity contribution is -0.131. The van der Waals surface area contributed by atoms with Gasteiger partial charge in [-0.05, 0) is 35.1 Å². The van der Waals surface area contributed by atoms with Gasteiger partial charge in [-0.2, -0.15) is 0 Å². The highest BCUT2D eigenvalue weighted by Crippen LogP contribution is 2.56. The minimum absolute atomic E-state index is 0.0279. The van der Waals surface area contributed by atoms with Gasteiger partial charge in [-0.3, -0.25) is 9.59 Å². The summed E-state index contributed by atoms with van der Waals surface area (Å²) in [6, 6.07) is 14.8. The molecule has 0 bridgehead atoms. The predicted octanol–water partition coefficient (Wildman–Crippen LogP) is 4.18. The Balaban J connectivity index is 1.99. The minimum Gasteiger partial charge on any atom is -0.347 e. The molecule has 2 heterocycles. The lowest BCUT2D eigenvalue weighted by atomic mass is 9.62. The highest BCUT2D eigenvalue weighted by Gasteiger charge is 2.65. The molecule has 2 N–H and O–H groups in total. The number of carbonyl (C=O) groups is 2. The molecule has 0 radical (unpaired) electrons. The molecule has 1 saturated heterocycles. The van der Waals surface area contributed by atoms with Crippen LogP contribution in [-0.4, -0.2) is 42.9 Å². The molecule has 164 valence electrons. The van der Waals surface area contributed by atoms with Gasteiger partial charge in [0.2, 0.25) is 11.8 Å². The molecule has 0 saturated carbocycles. The summed E-state index contributed by atoms with van der Waals surface area (Å²) in [5.41, 5.74) is 1.66. The second-order valence-corrected chi connectivity index (χ2v) is 10.5. The molecule has 1 spiro atoms. The normalized spacial score (nSPS) is 27.3. The molecule has 4 rings (SSSR count). The molecule has 31 heavy (non-hydrogen) atoms. The highest BCUT2D eigenvalue weighted by atomic mass is 35.5. The van der Waals surface area contributed by atoms with Gasteiger partial charge < -0.3 is 15.5 Å².